The van der Waals surface area contributed by atoms with Crippen molar-refractivity contribution in [2.45, 2.75) is 18.8 Å². The van der Waals surface area contributed by atoms with Crippen molar-refractivity contribution in [3.8, 4) is 11.4 Å². The number of carbonyl (C=O) groups excluding carboxylic acids is 1. The first-order chi connectivity index (χ1) is 13.9. The average Bonchev–Trinajstić information content (AvgIpc) is 3.32. The normalized spacial score (nSPS) is 16.6. The molecule has 1 fully saturated rings. The summed E-state index contributed by atoms with van der Waals surface area (Å²) < 4.78 is 28.8. The molecular weight excluding hydrogens is 396 g/mol. The minimum absolute atomic E-state index is 0.0149. The quantitative estimate of drug-likeness (QED) is 0.538. The van der Waals surface area contributed by atoms with Crippen LogP contribution in [0.4, 0.5) is 14.5 Å². The largest absolute Gasteiger partial charge is 0.397 e. The molecule has 148 valence electrons. The highest BCUT2D eigenvalue weighted by Gasteiger charge is 2.37. The molecule has 2 N–H and O–H groups in total. The number of aromatic nitrogens is 3. The molecule has 0 atom stereocenters. The minimum atomic E-state index is -2.71. The molecule has 29 heavy (non-hydrogen) atoms. The summed E-state index contributed by atoms with van der Waals surface area (Å²) in [5.74, 6) is -2.34. The molecule has 4 aromatic rings. The second-order valence-electron chi connectivity index (χ2n) is 7.10. The Balaban J connectivity index is 1.62. The second-order valence-corrected chi connectivity index (χ2v) is 8.09. The molecule has 9 heteroatoms. The molecule has 0 spiro atoms. The summed E-state index contributed by atoms with van der Waals surface area (Å²) in [7, 11) is 0. The van der Waals surface area contributed by atoms with Crippen LogP contribution in [0.3, 0.4) is 0 Å². The Morgan fingerprint density at radius 3 is 2.62 bits per heavy atom. The molecule has 6 nitrogen and oxygen atoms in total. The number of benzene rings is 1. The number of hydrogen-bond acceptors (Lipinski definition) is 5. The summed E-state index contributed by atoms with van der Waals surface area (Å²) >= 11 is 1.18. The van der Waals surface area contributed by atoms with Crippen molar-refractivity contribution in [2.24, 2.45) is 0 Å². The van der Waals surface area contributed by atoms with Crippen molar-refractivity contribution < 1.29 is 13.6 Å². The topological polar surface area (TPSA) is 76.5 Å². The SMILES string of the molecule is Nc1c(C(=O)N2CCC(F)(F)CC2)sc2nc(-c3ccccc3)n3ccnc3c12. The summed E-state index contributed by atoms with van der Waals surface area (Å²) in [6.07, 6.45) is 2.80. The maximum atomic E-state index is 13.5. The third-order valence-corrected chi connectivity index (χ3v) is 6.32. The van der Waals surface area contributed by atoms with Crippen LogP contribution in [0.1, 0.15) is 22.5 Å². The summed E-state index contributed by atoms with van der Waals surface area (Å²) in [6.45, 7) is 0.0298. The van der Waals surface area contributed by atoms with Gasteiger partial charge in [0.1, 0.15) is 15.5 Å². The lowest BCUT2D eigenvalue weighted by atomic mass is 10.1. The molecule has 1 aliphatic rings. The second kappa shape index (κ2) is 6.48. The van der Waals surface area contributed by atoms with Gasteiger partial charge in [-0.3, -0.25) is 9.20 Å². The van der Waals surface area contributed by atoms with Gasteiger partial charge in [0.2, 0.25) is 0 Å². The third kappa shape index (κ3) is 2.93. The number of hydrogen-bond donors (Lipinski definition) is 1. The van der Waals surface area contributed by atoms with E-state index in [1.807, 2.05) is 34.7 Å². The van der Waals surface area contributed by atoms with E-state index in [1.165, 1.54) is 16.2 Å². The van der Waals surface area contributed by atoms with Crippen LogP contribution in [0.2, 0.25) is 0 Å². The van der Waals surface area contributed by atoms with Crippen LogP contribution in [0.15, 0.2) is 42.7 Å². The first kappa shape index (κ1) is 18.0. The predicted octanol–water partition coefficient (Wildman–Crippen LogP) is 4.06. The fourth-order valence-corrected chi connectivity index (χ4v) is 4.72. The number of likely N-dealkylation sites (tertiary alicyclic amines) is 1. The van der Waals surface area contributed by atoms with Crippen LogP contribution in [0.5, 0.6) is 0 Å². The molecule has 3 aromatic heterocycles. The van der Waals surface area contributed by atoms with Gasteiger partial charge in [0.15, 0.2) is 5.65 Å². The van der Waals surface area contributed by atoms with E-state index in [0.717, 1.165) is 5.56 Å². The molecule has 1 saturated heterocycles. The Kier molecular flexibility index (Phi) is 4.02. The zero-order valence-electron chi connectivity index (χ0n) is 15.3. The molecule has 4 heterocycles. The van der Waals surface area contributed by atoms with Crippen molar-refractivity contribution in [1.29, 1.82) is 0 Å². The van der Waals surface area contributed by atoms with E-state index < -0.39 is 5.92 Å². The molecule has 0 aliphatic carbocycles. The molecular formula is C20H17F2N5OS. The van der Waals surface area contributed by atoms with E-state index >= 15 is 0 Å². The van der Waals surface area contributed by atoms with E-state index in [1.54, 1.807) is 12.4 Å². The number of amides is 1. The fourth-order valence-electron chi connectivity index (χ4n) is 3.67. The summed E-state index contributed by atoms with van der Waals surface area (Å²) in [4.78, 5) is 24.5. The van der Waals surface area contributed by atoms with E-state index in [-0.39, 0.29) is 31.8 Å². The Bertz CT molecular complexity index is 1220. The van der Waals surface area contributed by atoms with E-state index in [4.69, 9.17) is 10.7 Å². The monoisotopic (exact) mass is 413 g/mol. The molecule has 0 unspecified atom stereocenters. The smallest absolute Gasteiger partial charge is 0.266 e. The van der Waals surface area contributed by atoms with Gasteiger partial charge in [-0.05, 0) is 0 Å². The van der Waals surface area contributed by atoms with Gasteiger partial charge in [-0.2, -0.15) is 0 Å². The van der Waals surface area contributed by atoms with Gasteiger partial charge in [0.25, 0.3) is 11.8 Å². The lowest BCUT2D eigenvalue weighted by Crippen LogP contribution is -2.42. The molecule has 1 aromatic carbocycles. The van der Waals surface area contributed by atoms with Gasteiger partial charge in [0, 0.05) is 43.9 Å². The van der Waals surface area contributed by atoms with Crippen LogP contribution in [-0.4, -0.2) is 44.2 Å². The number of alkyl halides is 2. The first-order valence-electron chi connectivity index (χ1n) is 9.22. The van der Waals surface area contributed by atoms with Crippen molar-refractivity contribution in [1.82, 2.24) is 19.3 Å². The number of halogens is 2. The molecule has 1 amide bonds. The number of fused-ring (bicyclic) bond motifs is 3. The number of nitrogen functional groups attached to an aromatic ring is 1. The number of piperidine rings is 1. The van der Waals surface area contributed by atoms with Gasteiger partial charge in [-0.1, -0.05) is 30.3 Å². The van der Waals surface area contributed by atoms with Crippen LogP contribution < -0.4 is 5.73 Å². The lowest BCUT2D eigenvalue weighted by molar-refractivity contribution is -0.0493. The van der Waals surface area contributed by atoms with Crippen molar-refractivity contribution >= 4 is 38.8 Å². The molecule has 0 bridgehead atoms. The summed E-state index contributed by atoms with van der Waals surface area (Å²) in [5.41, 5.74) is 8.17. The number of imidazole rings is 1. The molecule has 0 radical (unpaired) electrons. The standard InChI is InChI=1S/C20H17F2N5OS/c21-20(22)6-9-26(10-7-20)19(28)15-14(23)13-17-24-8-11-27(17)16(25-18(13)29-15)12-4-2-1-3-5-12/h1-5,8,11H,6-7,9-10,23H2. The summed E-state index contributed by atoms with van der Waals surface area (Å²) in [5, 5.41) is 0.616. The van der Waals surface area contributed by atoms with Gasteiger partial charge >= 0.3 is 0 Å². The highest BCUT2D eigenvalue weighted by atomic mass is 32.1. The van der Waals surface area contributed by atoms with Gasteiger partial charge in [-0.15, -0.1) is 11.3 Å². The zero-order valence-corrected chi connectivity index (χ0v) is 16.1. The Morgan fingerprint density at radius 2 is 1.90 bits per heavy atom. The van der Waals surface area contributed by atoms with E-state index in [9.17, 15) is 13.6 Å². The van der Waals surface area contributed by atoms with Crippen molar-refractivity contribution in [3.05, 3.63) is 47.6 Å². The molecule has 0 saturated carbocycles. The van der Waals surface area contributed by atoms with Crippen LogP contribution in [0, 0.1) is 0 Å². The van der Waals surface area contributed by atoms with Crippen LogP contribution >= 0.6 is 11.3 Å². The summed E-state index contributed by atoms with van der Waals surface area (Å²) in [6, 6.07) is 9.67. The number of carbonyl (C=O) groups is 1. The predicted molar refractivity (Wildman–Crippen MR) is 108 cm³/mol. The molecule has 1 aliphatic heterocycles. The molecule has 5 rings (SSSR count). The maximum absolute atomic E-state index is 13.5. The number of nitrogens with two attached hydrogens (primary N) is 1. The van der Waals surface area contributed by atoms with Crippen molar-refractivity contribution in [2.75, 3.05) is 18.8 Å². The van der Waals surface area contributed by atoms with Gasteiger partial charge in [-0.25, -0.2) is 18.7 Å². The minimum Gasteiger partial charge on any atom is -0.397 e. The maximum Gasteiger partial charge on any atom is 0.266 e. The number of nitrogens with zero attached hydrogens (tertiary/aromatic N) is 4. The Morgan fingerprint density at radius 1 is 1.17 bits per heavy atom. The Hall–Kier alpha value is -3.07. The highest BCUT2D eigenvalue weighted by molar-refractivity contribution is 7.21. The van der Waals surface area contributed by atoms with E-state index in [0.29, 0.717) is 32.3 Å². The third-order valence-electron chi connectivity index (χ3n) is 5.23. The van der Waals surface area contributed by atoms with E-state index in [2.05, 4.69) is 4.98 Å². The zero-order chi connectivity index (χ0) is 20.2. The van der Waals surface area contributed by atoms with Crippen LogP contribution in [-0.2, 0) is 0 Å². The van der Waals surface area contributed by atoms with Crippen molar-refractivity contribution in [3.63, 3.8) is 0 Å². The average molecular weight is 413 g/mol. The first-order valence-corrected chi connectivity index (χ1v) is 10.0. The van der Waals surface area contributed by atoms with Gasteiger partial charge in [0.05, 0.1) is 11.1 Å². The van der Waals surface area contributed by atoms with Crippen LogP contribution in [0.25, 0.3) is 27.3 Å². The fraction of sp³-hybridized carbons (Fsp3) is 0.250. The number of thiophene rings is 1. The van der Waals surface area contributed by atoms with Gasteiger partial charge < -0.3 is 10.6 Å². The number of rotatable bonds is 2. The lowest BCUT2D eigenvalue weighted by Gasteiger charge is -2.31. The highest BCUT2D eigenvalue weighted by Crippen LogP contribution is 2.38. The Labute approximate surface area is 168 Å². The number of anilines is 1.